The minimum absolute atomic E-state index is 0.303. The number of ether oxygens (including phenoxy) is 1. The molecule has 3 heteroatoms. The molecule has 1 N–H and O–H groups in total. The van der Waals surface area contributed by atoms with E-state index in [9.17, 15) is 0 Å². The van der Waals surface area contributed by atoms with Crippen molar-refractivity contribution in [1.82, 2.24) is 4.98 Å². The van der Waals surface area contributed by atoms with Gasteiger partial charge in [-0.3, -0.25) is 4.98 Å². The van der Waals surface area contributed by atoms with E-state index < -0.39 is 6.10 Å². The molecule has 0 spiro atoms. The number of hydrogen-bond acceptors (Lipinski definition) is 3. The monoisotopic (exact) mass is 217 g/mol. The lowest BCUT2D eigenvalue weighted by molar-refractivity contribution is 0.123. The van der Waals surface area contributed by atoms with Gasteiger partial charge < -0.3 is 9.84 Å². The summed E-state index contributed by atoms with van der Waals surface area (Å²) in [7, 11) is 0. The molecule has 1 atom stereocenters. The molecular formula is C13H15NO2. The summed E-state index contributed by atoms with van der Waals surface area (Å²) in [6.45, 7) is 3.96. The zero-order valence-corrected chi connectivity index (χ0v) is 9.47. The first kappa shape index (κ1) is 10.9. The van der Waals surface area contributed by atoms with Gasteiger partial charge in [-0.2, -0.15) is 0 Å². The van der Waals surface area contributed by atoms with E-state index in [1.807, 2.05) is 37.3 Å². The highest BCUT2D eigenvalue weighted by molar-refractivity contribution is 5.80. The number of benzene rings is 1. The van der Waals surface area contributed by atoms with Gasteiger partial charge in [0.25, 0.3) is 0 Å². The summed E-state index contributed by atoms with van der Waals surface area (Å²) in [5.74, 6) is 0.742. The molecule has 84 valence electrons. The van der Waals surface area contributed by atoms with E-state index in [1.54, 1.807) is 6.92 Å². The number of nitrogens with zero attached hydrogens (tertiary/aromatic N) is 1. The van der Waals surface area contributed by atoms with E-state index >= 15 is 0 Å². The second-order valence-corrected chi connectivity index (χ2v) is 3.97. The Morgan fingerprint density at radius 2 is 2.06 bits per heavy atom. The van der Waals surface area contributed by atoms with Gasteiger partial charge in [0.2, 0.25) is 0 Å². The lowest BCUT2D eigenvalue weighted by Gasteiger charge is -2.08. The van der Waals surface area contributed by atoms with E-state index in [2.05, 4.69) is 4.98 Å². The molecule has 0 aliphatic carbocycles. The zero-order chi connectivity index (χ0) is 11.5. The van der Waals surface area contributed by atoms with Gasteiger partial charge in [-0.05, 0) is 32.0 Å². The highest BCUT2D eigenvalue weighted by Crippen LogP contribution is 2.19. The van der Waals surface area contributed by atoms with Gasteiger partial charge in [0, 0.05) is 17.1 Å². The molecule has 0 radical (unpaired) electrons. The second-order valence-electron chi connectivity index (χ2n) is 3.97. The zero-order valence-electron chi connectivity index (χ0n) is 9.47. The summed E-state index contributed by atoms with van der Waals surface area (Å²) in [4.78, 5) is 4.42. The topological polar surface area (TPSA) is 42.4 Å². The summed E-state index contributed by atoms with van der Waals surface area (Å²) < 4.78 is 5.43. The van der Waals surface area contributed by atoms with Crippen LogP contribution in [0.3, 0.4) is 0 Å². The Labute approximate surface area is 94.7 Å². The lowest BCUT2D eigenvalue weighted by atomic mass is 10.2. The maximum absolute atomic E-state index is 9.13. The van der Waals surface area contributed by atoms with Crippen molar-refractivity contribution in [3.05, 3.63) is 36.0 Å². The van der Waals surface area contributed by atoms with Crippen molar-refractivity contribution >= 4 is 10.9 Å². The first-order valence-corrected chi connectivity index (χ1v) is 5.33. The number of aliphatic hydroxyl groups is 1. The number of hydrogen-bond donors (Lipinski definition) is 1. The minimum Gasteiger partial charge on any atom is -0.491 e. The quantitative estimate of drug-likeness (QED) is 0.857. The van der Waals surface area contributed by atoms with E-state index in [1.165, 1.54) is 0 Å². The van der Waals surface area contributed by atoms with Crippen LogP contribution in [0, 0.1) is 6.92 Å². The van der Waals surface area contributed by atoms with Gasteiger partial charge in [0.1, 0.15) is 12.4 Å². The first-order valence-electron chi connectivity index (χ1n) is 5.33. The molecule has 1 aromatic heterocycles. The van der Waals surface area contributed by atoms with Crippen LogP contribution >= 0.6 is 0 Å². The van der Waals surface area contributed by atoms with Gasteiger partial charge in [-0.25, -0.2) is 0 Å². The predicted molar refractivity (Wildman–Crippen MR) is 63.7 cm³/mol. The highest BCUT2D eigenvalue weighted by atomic mass is 16.5. The maximum Gasteiger partial charge on any atom is 0.121 e. The highest BCUT2D eigenvalue weighted by Gasteiger charge is 2.01. The number of rotatable bonds is 3. The third kappa shape index (κ3) is 2.49. The molecule has 0 bridgehead atoms. The Hall–Kier alpha value is -1.61. The minimum atomic E-state index is -0.457. The molecule has 0 aliphatic heterocycles. The molecule has 0 saturated heterocycles. The number of aliphatic hydroxyl groups excluding tert-OH is 1. The Morgan fingerprint density at radius 3 is 2.81 bits per heavy atom. The first-order chi connectivity index (χ1) is 7.65. The molecule has 2 rings (SSSR count). The standard InChI is InChI=1S/C13H15NO2/c1-9-3-4-11-5-6-12(7-13(11)14-9)16-8-10(2)15/h3-7,10,15H,8H2,1-2H3/t10-/m1/s1. The third-order valence-electron chi connectivity index (χ3n) is 2.29. The number of aryl methyl sites for hydroxylation is 1. The largest absolute Gasteiger partial charge is 0.491 e. The average Bonchev–Trinajstić information content (AvgIpc) is 2.25. The van der Waals surface area contributed by atoms with Crippen molar-refractivity contribution in [2.24, 2.45) is 0 Å². The van der Waals surface area contributed by atoms with Gasteiger partial charge in [-0.1, -0.05) is 6.07 Å². The molecule has 0 unspecified atom stereocenters. The summed E-state index contributed by atoms with van der Waals surface area (Å²) in [6, 6.07) is 9.78. The van der Waals surface area contributed by atoms with Crippen LogP contribution < -0.4 is 4.74 Å². The molecule has 0 fully saturated rings. The van der Waals surface area contributed by atoms with Crippen molar-refractivity contribution in [3.8, 4) is 5.75 Å². The number of aromatic nitrogens is 1. The molecule has 0 aliphatic rings. The molecule has 1 heterocycles. The Morgan fingerprint density at radius 1 is 1.31 bits per heavy atom. The maximum atomic E-state index is 9.13. The van der Waals surface area contributed by atoms with Crippen LogP contribution in [-0.4, -0.2) is 22.8 Å². The van der Waals surface area contributed by atoms with Crippen LogP contribution in [0.4, 0.5) is 0 Å². The normalized spacial score (nSPS) is 12.7. The molecule has 3 nitrogen and oxygen atoms in total. The summed E-state index contributed by atoms with van der Waals surface area (Å²) in [5, 5.41) is 10.2. The fraction of sp³-hybridized carbons (Fsp3) is 0.308. The number of pyridine rings is 1. The van der Waals surface area contributed by atoms with E-state index in [-0.39, 0.29) is 0 Å². The van der Waals surface area contributed by atoms with Gasteiger partial charge in [-0.15, -0.1) is 0 Å². The van der Waals surface area contributed by atoms with Crippen LogP contribution in [-0.2, 0) is 0 Å². The number of fused-ring (bicyclic) bond motifs is 1. The fourth-order valence-electron chi connectivity index (χ4n) is 1.51. The van der Waals surface area contributed by atoms with Crippen molar-refractivity contribution in [1.29, 1.82) is 0 Å². The Balaban J connectivity index is 2.28. The summed E-state index contributed by atoms with van der Waals surface area (Å²) >= 11 is 0. The Bertz CT molecular complexity index is 494. The second kappa shape index (κ2) is 4.49. The SMILES string of the molecule is Cc1ccc2ccc(OC[C@@H](C)O)cc2n1. The van der Waals surface area contributed by atoms with Gasteiger partial charge in [0.15, 0.2) is 0 Å². The third-order valence-corrected chi connectivity index (χ3v) is 2.29. The van der Waals surface area contributed by atoms with Crippen molar-refractivity contribution in [2.75, 3.05) is 6.61 Å². The van der Waals surface area contributed by atoms with Crippen molar-refractivity contribution in [3.63, 3.8) is 0 Å². The van der Waals surface area contributed by atoms with Crippen LogP contribution in [0.2, 0.25) is 0 Å². The van der Waals surface area contributed by atoms with Gasteiger partial charge in [0.05, 0.1) is 11.6 Å². The molecule has 2 aromatic rings. The van der Waals surface area contributed by atoms with Crippen LogP contribution in [0.15, 0.2) is 30.3 Å². The lowest BCUT2D eigenvalue weighted by Crippen LogP contribution is -2.12. The Kier molecular flexibility index (Phi) is 3.06. The summed E-state index contributed by atoms with van der Waals surface area (Å²) in [6.07, 6.45) is -0.457. The molecular weight excluding hydrogens is 202 g/mol. The van der Waals surface area contributed by atoms with Crippen LogP contribution in [0.1, 0.15) is 12.6 Å². The van der Waals surface area contributed by atoms with Crippen LogP contribution in [0.5, 0.6) is 5.75 Å². The van der Waals surface area contributed by atoms with Crippen molar-refractivity contribution in [2.45, 2.75) is 20.0 Å². The smallest absolute Gasteiger partial charge is 0.121 e. The van der Waals surface area contributed by atoms with E-state index in [0.717, 1.165) is 22.3 Å². The molecule has 0 amide bonds. The predicted octanol–water partition coefficient (Wildman–Crippen LogP) is 2.30. The van der Waals surface area contributed by atoms with E-state index in [4.69, 9.17) is 9.84 Å². The average molecular weight is 217 g/mol. The van der Waals surface area contributed by atoms with Crippen LogP contribution in [0.25, 0.3) is 10.9 Å². The van der Waals surface area contributed by atoms with Crippen molar-refractivity contribution < 1.29 is 9.84 Å². The molecule has 16 heavy (non-hydrogen) atoms. The van der Waals surface area contributed by atoms with E-state index in [0.29, 0.717) is 6.61 Å². The fourth-order valence-corrected chi connectivity index (χ4v) is 1.51. The summed E-state index contributed by atoms with van der Waals surface area (Å²) in [5.41, 5.74) is 1.91. The molecule has 1 aromatic carbocycles. The van der Waals surface area contributed by atoms with Gasteiger partial charge >= 0.3 is 0 Å². The molecule has 0 saturated carbocycles.